The number of hydrogen-bond acceptors (Lipinski definition) is 5. The molecule has 8 heteroatoms. The van der Waals surface area contributed by atoms with Crippen molar-refractivity contribution < 1.29 is 4.79 Å². The van der Waals surface area contributed by atoms with Gasteiger partial charge in [-0.05, 0) is 44.2 Å². The number of hydrogen-bond donors (Lipinski definition) is 1. The number of aryl methyl sites for hydroxylation is 2. The Labute approximate surface area is 197 Å². The molecule has 4 aromatic rings. The molecule has 0 unspecified atom stereocenters. The third kappa shape index (κ3) is 3.80. The van der Waals surface area contributed by atoms with E-state index in [-0.39, 0.29) is 22.5 Å². The molecule has 0 spiro atoms. The van der Waals surface area contributed by atoms with E-state index in [2.05, 4.69) is 4.90 Å². The van der Waals surface area contributed by atoms with Gasteiger partial charge in [0, 0.05) is 32.4 Å². The minimum absolute atomic E-state index is 0.0711. The van der Waals surface area contributed by atoms with Crippen molar-refractivity contribution in [3.05, 3.63) is 86.8 Å². The lowest BCUT2D eigenvalue weighted by Crippen LogP contribution is -2.48. The number of carbonyl (C=O) groups is 1. The average molecular weight is 457 g/mol. The summed E-state index contributed by atoms with van der Waals surface area (Å²) >= 11 is 0. The van der Waals surface area contributed by atoms with Crippen LogP contribution < -0.4 is 11.0 Å². The van der Waals surface area contributed by atoms with Crippen LogP contribution in [0, 0.1) is 19.3 Å². The lowest BCUT2D eigenvalue weighted by Gasteiger charge is -2.32. The molecule has 1 saturated heterocycles. The number of piperazine rings is 1. The van der Waals surface area contributed by atoms with Crippen LogP contribution in [-0.2, 0) is 6.54 Å². The van der Waals surface area contributed by atoms with E-state index in [1.807, 2.05) is 57.3 Å². The van der Waals surface area contributed by atoms with E-state index < -0.39 is 0 Å². The molecule has 1 fully saturated rings. The van der Waals surface area contributed by atoms with Gasteiger partial charge in [0.05, 0.1) is 17.5 Å². The minimum Gasteiger partial charge on any atom is -0.336 e. The fourth-order valence-corrected chi connectivity index (χ4v) is 4.47. The molecule has 174 valence electrons. The molecule has 0 bridgehead atoms. The highest BCUT2D eigenvalue weighted by molar-refractivity contribution is 5.97. The van der Waals surface area contributed by atoms with Crippen LogP contribution in [0.15, 0.2) is 53.5 Å². The Bertz CT molecular complexity index is 1530. The van der Waals surface area contributed by atoms with Crippen LogP contribution in [0.3, 0.4) is 0 Å². The van der Waals surface area contributed by atoms with Crippen molar-refractivity contribution in [1.82, 2.24) is 23.8 Å². The molecule has 1 N–H and O–H groups in total. The standard InChI is InChI=1S/C26H28N6O2/c1-17-6-8-19(9-7-17)16-32-22(27)20(25(33)30-13-11-29(3)12-14-30)15-21-24(32)28-23-18(2)5-4-10-31(23)26(21)34/h4-10,15,27H,11-14,16H2,1-3H3. The number of nitrogens with one attached hydrogen (secondary N) is 1. The Hall–Kier alpha value is -3.78. The number of carbonyl (C=O) groups excluding carboxylic acids is 1. The molecule has 5 rings (SSSR count). The molecular weight excluding hydrogens is 428 g/mol. The molecule has 0 saturated carbocycles. The summed E-state index contributed by atoms with van der Waals surface area (Å²) in [6.45, 7) is 7.03. The maximum atomic E-state index is 13.5. The maximum absolute atomic E-state index is 13.5. The normalized spacial score (nSPS) is 14.7. The topological polar surface area (TPSA) is 86.7 Å². The van der Waals surface area contributed by atoms with Crippen molar-refractivity contribution >= 4 is 22.6 Å². The van der Waals surface area contributed by atoms with Crippen molar-refractivity contribution in [2.45, 2.75) is 20.4 Å². The highest BCUT2D eigenvalue weighted by Gasteiger charge is 2.24. The highest BCUT2D eigenvalue weighted by Crippen LogP contribution is 2.16. The number of rotatable bonds is 3. The van der Waals surface area contributed by atoms with E-state index in [9.17, 15) is 9.59 Å². The predicted molar refractivity (Wildman–Crippen MR) is 131 cm³/mol. The van der Waals surface area contributed by atoms with E-state index in [1.54, 1.807) is 21.7 Å². The zero-order chi connectivity index (χ0) is 24.0. The Morgan fingerprint density at radius 2 is 1.74 bits per heavy atom. The van der Waals surface area contributed by atoms with Crippen LogP contribution >= 0.6 is 0 Å². The molecule has 1 aliphatic rings. The molecule has 4 heterocycles. The molecule has 1 aliphatic heterocycles. The summed E-state index contributed by atoms with van der Waals surface area (Å²) in [5, 5.41) is 9.33. The number of nitrogens with zero attached hydrogens (tertiary/aromatic N) is 5. The summed E-state index contributed by atoms with van der Waals surface area (Å²) in [6.07, 6.45) is 1.69. The largest absolute Gasteiger partial charge is 0.336 e. The Kier molecular flexibility index (Phi) is 5.53. The van der Waals surface area contributed by atoms with Crippen LogP contribution in [0.2, 0.25) is 0 Å². The van der Waals surface area contributed by atoms with Crippen molar-refractivity contribution in [1.29, 1.82) is 5.41 Å². The summed E-state index contributed by atoms with van der Waals surface area (Å²) in [6, 6.07) is 13.3. The van der Waals surface area contributed by atoms with Crippen LogP contribution in [0.1, 0.15) is 27.0 Å². The quantitative estimate of drug-likeness (QED) is 0.479. The Morgan fingerprint density at radius 1 is 1.03 bits per heavy atom. The van der Waals surface area contributed by atoms with Gasteiger partial charge in [-0.15, -0.1) is 0 Å². The summed E-state index contributed by atoms with van der Waals surface area (Å²) in [5.74, 6) is -0.216. The highest BCUT2D eigenvalue weighted by atomic mass is 16.2. The first-order valence-electron chi connectivity index (χ1n) is 11.5. The Balaban J connectivity index is 1.75. The van der Waals surface area contributed by atoms with Crippen LogP contribution in [0.5, 0.6) is 0 Å². The molecule has 1 amide bonds. The van der Waals surface area contributed by atoms with Gasteiger partial charge in [0.25, 0.3) is 11.5 Å². The second kappa shape index (κ2) is 8.53. The van der Waals surface area contributed by atoms with Gasteiger partial charge in [0.1, 0.15) is 16.8 Å². The van der Waals surface area contributed by atoms with E-state index >= 15 is 0 Å². The summed E-state index contributed by atoms with van der Waals surface area (Å²) in [7, 11) is 2.03. The van der Waals surface area contributed by atoms with Gasteiger partial charge in [0.15, 0.2) is 0 Å². The van der Waals surface area contributed by atoms with E-state index in [0.717, 1.165) is 29.8 Å². The van der Waals surface area contributed by atoms with Crippen molar-refractivity contribution in [2.24, 2.45) is 0 Å². The lowest BCUT2D eigenvalue weighted by atomic mass is 10.1. The van der Waals surface area contributed by atoms with Gasteiger partial charge in [-0.1, -0.05) is 35.9 Å². The fourth-order valence-electron chi connectivity index (χ4n) is 4.47. The first kappa shape index (κ1) is 22.0. The maximum Gasteiger partial charge on any atom is 0.267 e. The predicted octanol–water partition coefficient (Wildman–Crippen LogP) is 2.18. The van der Waals surface area contributed by atoms with E-state index in [4.69, 9.17) is 10.4 Å². The van der Waals surface area contributed by atoms with Gasteiger partial charge in [-0.2, -0.15) is 0 Å². The number of pyridine rings is 2. The lowest BCUT2D eigenvalue weighted by molar-refractivity contribution is 0.0661. The van der Waals surface area contributed by atoms with Crippen LogP contribution in [0.4, 0.5) is 0 Å². The fraction of sp³-hybridized carbons (Fsp3) is 0.308. The van der Waals surface area contributed by atoms with E-state index in [0.29, 0.717) is 36.3 Å². The number of amides is 1. The van der Waals surface area contributed by atoms with Gasteiger partial charge in [-0.25, -0.2) is 4.98 Å². The number of fused-ring (bicyclic) bond motifs is 2. The Morgan fingerprint density at radius 3 is 2.44 bits per heavy atom. The molecule has 0 atom stereocenters. The molecular formula is C26H28N6O2. The van der Waals surface area contributed by atoms with Gasteiger partial charge in [0.2, 0.25) is 0 Å². The number of likely N-dealkylation sites (N-methyl/N-ethyl adjacent to an activating group) is 1. The average Bonchev–Trinajstić information content (AvgIpc) is 2.83. The van der Waals surface area contributed by atoms with Gasteiger partial charge in [-0.3, -0.25) is 19.4 Å². The zero-order valence-corrected chi connectivity index (χ0v) is 19.7. The minimum atomic E-state index is -0.242. The van der Waals surface area contributed by atoms with Crippen molar-refractivity contribution in [3.8, 4) is 0 Å². The third-order valence-electron chi connectivity index (χ3n) is 6.62. The van der Waals surface area contributed by atoms with E-state index in [1.165, 1.54) is 4.40 Å². The molecule has 8 nitrogen and oxygen atoms in total. The molecule has 0 aliphatic carbocycles. The first-order valence-corrected chi connectivity index (χ1v) is 11.5. The second-order valence-electron chi connectivity index (χ2n) is 9.11. The summed E-state index contributed by atoms with van der Waals surface area (Å²) < 4.78 is 3.21. The molecule has 3 aromatic heterocycles. The number of aromatic nitrogens is 3. The molecule has 1 aromatic carbocycles. The first-order chi connectivity index (χ1) is 16.3. The SMILES string of the molecule is Cc1ccc(Cn2c(=N)c(C(=O)N3CCN(C)CC3)cc3c(=O)n4cccc(C)c4nc32)cc1. The van der Waals surface area contributed by atoms with Crippen molar-refractivity contribution in [3.63, 3.8) is 0 Å². The van der Waals surface area contributed by atoms with Crippen molar-refractivity contribution in [2.75, 3.05) is 33.2 Å². The van der Waals surface area contributed by atoms with Gasteiger partial charge >= 0.3 is 0 Å². The number of benzene rings is 1. The van der Waals surface area contributed by atoms with Crippen LogP contribution in [0.25, 0.3) is 16.7 Å². The third-order valence-corrected chi connectivity index (χ3v) is 6.62. The second-order valence-corrected chi connectivity index (χ2v) is 9.11. The zero-order valence-electron chi connectivity index (χ0n) is 19.7. The molecule has 34 heavy (non-hydrogen) atoms. The summed E-state index contributed by atoms with van der Waals surface area (Å²) in [5.41, 5.74) is 4.01. The monoisotopic (exact) mass is 456 g/mol. The molecule has 0 radical (unpaired) electrons. The summed E-state index contributed by atoms with van der Waals surface area (Å²) in [4.78, 5) is 35.8. The van der Waals surface area contributed by atoms with Crippen LogP contribution in [-0.4, -0.2) is 62.9 Å². The van der Waals surface area contributed by atoms with Gasteiger partial charge < -0.3 is 14.4 Å². The smallest absolute Gasteiger partial charge is 0.267 e.